The molecule has 3 amide bonds. The molecule has 1 aliphatic heterocycles. The molecule has 24 heavy (non-hydrogen) atoms. The lowest BCUT2D eigenvalue weighted by Gasteiger charge is -2.33. The number of nitrogens with zero attached hydrogens (tertiary/aromatic N) is 1. The molecule has 0 saturated carbocycles. The van der Waals surface area contributed by atoms with Crippen LogP contribution in [0, 0.1) is 11.7 Å². The van der Waals surface area contributed by atoms with Crippen LogP contribution < -0.4 is 10.6 Å². The van der Waals surface area contributed by atoms with Crippen molar-refractivity contribution in [1.82, 2.24) is 15.5 Å². The molecule has 0 aromatic heterocycles. The highest BCUT2D eigenvalue weighted by atomic mass is 19.1. The Hall–Kier alpha value is -2.44. The topological polar surface area (TPSA) is 78.5 Å². The molecule has 0 unspecified atom stereocenters. The van der Waals surface area contributed by atoms with Crippen LogP contribution in [0.3, 0.4) is 0 Å². The summed E-state index contributed by atoms with van der Waals surface area (Å²) in [6.45, 7) is 3.06. The first kappa shape index (κ1) is 17.9. The van der Waals surface area contributed by atoms with Crippen molar-refractivity contribution in [2.75, 3.05) is 26.2 Å². The predicted molar refractivity (Wildman–Crippen MR) is 86.7 cm³/mol. The lowest BCUT2D eigenvalue weighted by molar-refractivity contribution is -0.134. The van der Waals surface area contributed by atoms with Gasteiger partial charge in [-0.1, -0.05) is 0 Å². The fourth-order valence-corrected chi connectivity index (χ4v) is 2.71. The van der Waals surface area contributed by atoms with E-state index in [0.717, 1.165) is 12.8 Å². The summed E-state index contributed by atoms with van der Waals surface area (Å²) >= 11 is 0. The number of hydrogen-bond acceptors (Lipinski definition) is 3. The molecule has 0 spiro atoms. The lowest BCUT2D eigenvalue weighted by Crippen LogP contribution is -2.47. The van der Waals surface area contributed by atoms with Crippen molar-refractivity contribution in [3.63, 3.8) is 0 Å². The maximum atomic E-state index is 12.9. The Morgan fingerprint density at radius 2 is 1.92 bits per heavy atom. The number of halogens is 1. The molecule has 1 fully saturated rings. The Morgan fingerprint density at radius 3 is 2.58 bits per heavy atom. The lowest BCUT2D eigenvalue weighted by atomic mass is 9.97. The van der Waals surface area contributed by atoms with Crippen LogP contribution in [0.5, 0.6) is 0 Å². The molecule has 0 bridgehead atoms. The van der Waals surface area contributed by atoms with E-state index in [9.17, 15) is 18.8 Å². The van der Waals surface area contributed by atoms with Crippen molar-refractivity contribution in [2.24, 2.45) is 5.92 Å². The number of hydrogen-bond donors (Lipinski definition) is 2. The molecule has 1 atom stereocenters. The first-order chi connectivity index (χ1) is 11.5. The molecule has 1 aromatic carbocycles. The third-order valence-electron chi connectivity index (χ3n) is 4.02. The third kappa shape index (κ3) is 5.33. The normalized spacial score (nSPS) is 17.2. The van der Waals surface area contributed by atoms with E-state index >= 15 is 0 Å². The number of likely N-dealkylation sites (tertiary alicyclic amines) is 1. The molecule has 1 aliphatic rings. The van der Waals surface area contributed by atoms with Crippen LogP contribution in [0.25, 0.3) is 0 Å². The predicted octanol–water partition coefficient (Wildman–Crippen LogP) is 0.930. The van der Waals surface area contributed by atoms with Crippen molar-refractivity contribution < 1.29 is 18.8 Å². The highest BCUT2D eigenvalue weighted by Gasteiger charge is 2.24. The van der Waals surface area contributed by atoms with Gasteiger partial charge in [-0.3, -0.25) is 14.4 Å². The molecular weight excluding hydrogens is 313 g/mol. The first-order valence-electron chi connectivity index (χ1n) is 8.01. The molecular formula is C17H22FN3O3. The molecule has 0 aliphatic carbocycles. The molecule has 1 saturated heterocycles. The highest BCUT2D eigenvalue weighted by molar-refractivity contribution is 5.94. The summed E-state index contributed by atoms with van der Waals surface area (Å²) < 4.78 is 12.9. The number of amides is 3. The van der Waals surface area contributed by atoms with Gasteiger partial charge in [-0.05, 0) is 43.0 Å². The number of benzene rings is 1. The average molecular weight is 335 g/mol. The number of rotatable bonds is 5. The summed E-state index contributed by atoms with van der Waals surface area (Å²) in [5, 5.41) is 5.33. The molecule has 2 rings (SSSR count). The minimum Gasteiger partial charge on any atom is -0.352 e. The smallest absolute Gasteiger partial charge is 0.251 e. The van der Waals surface area contributed by atoms with Crippen LogP contribution in [0.2, 0.25) is 0 Å². The van der Waals surface area contributed by atoms with E-state index in [4.69, 9.17) is 0 Å². The molecule has 1 aromatic rings. The van der Waals surface area contributed by atoms with E-state index < -0.39 is 0 Å². The number of nitrogens with one attached hydrogen (secondary N) is 2. The zero-order valence-electron chi connectivity index (χ0n) is 13.7. The van der Waals surface area contributed by atoms with Crippen LogP contribution in [-0.4, -0.2) is 48.8 Å². The van der Waals surface area contributed by atoms with Gasteiger partial charge in [0.1, 0.15) is 5.82 Å². The summed E-state index contributed by atoms with van der Waals surface area (Å²) in [6, 6.07) is 5.37. The summed E-state index contributed by atoms with van der Waals surface area (Å²) in [5.74, 6) is -0.809. The minimum atomic E-state index is -0.382. The Morgan fingerprint density at radius 1 is 1.21 bits per heavy atom. The van der Waals surface area contributed by atoms with Gasteiger partial charge < -0.3 is 15.5 Å². The Labute approximate surface area is 140 Å². The van der Waals surface area contributed by atoms with Crippen LogP contribution in [-0.2, 0) is 9.59 Å². The molecule has 2 N–H and O–H groups in total. The Bertz CT molecular complexity index is 604. The van der Waals surface area contributed by atoms with Crippen molar-refractivity contribution in [3.05, 3.63) is 35.6 Å². The van der Waals surface area contributed by atoms with E-state index in [-0.39, 0.29) is 36.0 Å². The monoisotopic (exact) mass is 335 g/mol. The van der Waals surface area contributed by atoms with E-state index in [1.165, 1.54) is 31.2 Å². The molecule has 1 heterocycles. The molecule has 0 radical (unpaired) electrons. The third-order valence-corrected chi connectivity index (χ3v) is 4.02. The second-order valence-corrected chi connectivity index (χ2v) is 5.97. The van der Waals surface area contributed by atoms with E-state index in [1.807, 2.05) is 0 Å². The fraction of sp³-hybridized carbons (Fsp3) is 0.471. The van der Waals surface area contributed by atoms with Gasteiger partial charge in [0.2, 0.25) is 11.8 Å². The summed E-state index contributed by atoms with van der Waals surface area (Å²) in [4.78, 5) is 36.7. The number of piperidine rings is 1. The quantitative estimate of drug-likeness (QED) is 0.840. The number of carbonyl (C=O) groups is 3. The van der Waals surface area contributed by atoms with Gasteiger partial charge >= 0.3 is 0 Å². The van der Waals surface area contributed by atoms with Crippen molar-refractivity contribution in [3.8, 4) is 0 Å². The van der Waals surface area contributed by atoms with E-state index in [0.29, 0.717) is 25.2 Å². The maximum Gasteiger partial charge on any atom is 0.251 e. The van der Waals surface area contributed by atoms with Crippen LogP contribution >= 0.6 is 0 Å². The van der Waals surface area contributed by atoms with Crippen molar-refractivity contribution in [2.45, 2.75) is 19.8 Å². The van der Waals surface area contributed by atoms with Gasteiger partial charge in [0.05, 0.1) is 6.54 Å². The number of carbonyl (C=O) groups excluding carboxylic acids is 3. The Balaban J connectivity index is 1.80. The Kier molecular flexibility index (Phi) is 6.28. The molecule has 7 heteroatoms. The SMILES string of the molecule is CC(=O)NCC(=O)N1CCC[C@@H](CNC(=O)c2ccc(F)cc2)C1. The van der Waals surface area contributed by atoms with Gasteiger partial charge in [-0.2, -0.15) is 0 Å². The molecule has 6 nitrogen and oxygen atoms in total. The van der Waals surface area contributed by atoms with Gasteiger partial charge in [0, 0.05) is 32.1 Å². The van der Waals surface area contributed by atoms with Crippen LogP contribution in [0.1, 0.15) is 30.1 Å². The standard InChI is InChI=1S/C17H22FN3O3/c1-12(22)19-10-16(23)21-8-2-3-13(11-21)9-20-17(24)14-4-6-15(18)7-5-14/h4-7,13H,2-3,8-11H2,1H3,(H,19,22)(H,20,24)/t13-/m0/s1. The van der Waals surface area contributed by atoms with Crippen molar-refractivity contribution >= 4 is 17.7 Å². The second kappa shape index (κ2) is 8.42. The van der Waals surface area contributed by atoms with E-state index in [2.05, 4.69) is 10.6 Å². The average Bonchev–Trinajstić information content (AvgIpc) is 2.58. The zero-order valence-corrected chi connectivity index (χ0v) is 13.7. The molecule has 130 valence electrons. The summed E-state index contributed by atoms with van der Waals surface area (Å²) in [6.07, 6.45) is 1.79. The highest BCUT2D eigenvalue weighted by Crippen LogP contribution is 2.16. The van der Waals surface area contributed by atoms with E-state index in [1.54, 1.807) is 4.90 Å². The summed E-state index contributed by atoms with van der Waals surface area (Å²) in [7, 11) is 0. The van der Waals surface area contributed by atoms with Gasteiger partial charge in [-0.15, -0.1) is 0 Å². The van der Waals surface area contributed by atoms with Crippen molar-refractivity contribution in [1.29, 1.82) is 0 Å². The summed E-state index contributed by atoms with van der Waals surface area (Å²) in [5.41, 5.74) is 0.408. The van der Waals surface area contributed by atoms with Gasteiger partial charge in [0.15, 0.2) is 0 Å². The van der Waals surface area contributed by atoms with Crippen LogP contribution in [0.4, 0.5) is 4.39 Å². The minimum absolute atomic E-state index is 0.00396. The van der Waals surface area contributed by atoms with Crippen LogP contribution in [0.15, 0.2) is 24.3 Å². The first-order valence-corrected chi connectivity index (χ1v) is 8.01. The second-order valence-electron chi connectivity index (χ2n) is 5.97. The maximum absolute atomic E-state index is 12.9. The van der Waals surface area contributed by atoms with Gasteiger partial charge in [0.25, 0.3) is 5.91 Å². The fourth-order valence-electron chi connectivity index (χ4n) is 2.71. The zero-order chi connectivity index (χ0) is 17.5. The van der Waals surface area contributed by atoms with Gasteiger partial charge in [-0.25, -0.2) is 4.39 Å². The largest absolute Gasteiger partial charge is 0.352 e.